The van der Waals surface area contributed by atoms with E-state index in [0.29, 0.717) is 23.2 Å². The Morgan fingerprint density at radius 1 is 1.17 bits per heavy atom. The average Bonchev–Trinajstić information content (AvgIpc) is 3.39. The summed E-state index contributed by atoms with van der Waals surface area (Å²) in [7, 11) is 1.61. The fraction of sp³-hybridized carbons (Fsp3) is 0.273. The average molecular weight is 423 g/mol. The highest BCUT2D eigenvalue weighted by Gasteiger charge is 2.25. The standard InChI is InChI=1S/C22H21N3O4S/c1-13(20(27)17-6-9-19-16(12-17)10-11-25(19)14(2)26)30-22-24-23-21(29-22)15-4-7-18(28-3)8-5-15/h4-9,12-13H,10-11H2,1-3H3. The van der Waals surface area contributed by atoms with Crippen LogP contribution in [-0.4, -0.2) is 40.8 Å². The van der Waals surface area contributed by atoms with Gasteiger partial charge < -0.3 is 14.1 Å². The van der Waals surface area contributed by atoms with Crippen LogP contribution in [0.1, 0.15) is 29.8 Å². The number of anilines is 1. The third-order valence-electron chi connectivity index (χ3n) is 5.03. The molecule has 1 atom stereocenters. The second kappa shape index (κ2) is 8.31. The topological polar surface area (TPSA) is 85.5 Å². The van der Waals surface area contributed by atoms with E-state index in [1.165, 1.54) is 11.8 Å². The van der Waals surface area contributed by atoms with Gasteiger partial charge in [0.2, 0.25) is 11.8 Å². The number of thioether (sulfide) groups is 1. The van der Waals surface area contributed by atoms with Crippen LogP contribution in [-0.2, 0) is 11.2 Å². The largest absolute Gasteiger partial charge is 0.497 e. The minimum Gasteiger partial charge on any atom is -0.497 e. The molecular formula is C22H21N3O4S. The zero-order valence-electron chi connectivity index (χ0n) is 16.9. The summed E-state index contributed by atoms with van der Waals surface area (Å²) in [5.41, 5.74) is 3.31. The van der Waals surface area contributed by atoms with Gasteiger partial charge in [-0.15, -0.1) is 10.2 Å². The summed E-state index contributed by atoms with van der Waals surface area (Å²) in [6.07, 6.45) is 0.756. The molecule has 0 aliphatic carbocycles. The van der Waals surface area contributed by atoms with Crippen molar-refractivity contribution in [2.24, 2.45) is 0 Å². The number of nitrogens with zero attached hydrogens (tertiary/aromatic N) is 3. The number of carbonyl (C=O) groups is 2. The Kier molecular flexibility index (Phi) is 5.59. The predicted octanol–water partition coefficient (Wildman–Crippen LogP) is 4.02. The molecule has 1 unspecified atom stereocenters. The van der Waals surface area contributed by atoms with E-state index in [0.717, 1.165) is 29.0 Å². The van der Waals surface area contributed by atoms with Crippen LogP contribution in [0.4, 0.5) is 5.69 Å². The lowest BCUT2D eigenvalue weighted by Gasteiger charge is -2.15. The van der Waals surface area contributed by atoms with Gasteiger partial charge in [0.15, 0.2) is 5.78 Å². The number of ketones is 1. The molecule has 8 heteroatoms. The molecule has 0 saturated heterocycles. The van der Waals surface area contributed by atoms with Gasteiger partial charge in [0.1, 0.15) is 5.75 Å². The molecule has 1 amide bonds. The summed E-state index contributed by atoms with van der Waals surface area (Å²) < 4.78 is 10.9. The van der Waals surface area contributed by atoms with Crippen LogP contribution in [0.15, 0.2) is 52.1 Å². The van der Waals surface area contributed by atoms with Gasteiger partial charge in [0.25, 0.3) is 5.22 Å². The first-order valence-corrected chi connectivity index (χ1v) is 10.4. The first kappa shape index (κ1) is 20.2. The third-order valence-corrected chi connectivity index (χ3v) is 5.96. The lowest BCUT2D eigenvalue weighted by Crippen LogP contribution is -2.25. The maximum absolute atomic E-state index is 12.9. The van der Waals surface area contributed by atoms with E-state index in [1.54, 1.807) is 25.0 Å². The second-order valence-corrected chi connectivity index (χ2v) is 8.28. The van der Waals surface area contributed by atoms with E-state index < -0.39 is 5.25 Å². The molecule has 2 heterocycles. The molecule has 7 nitrogen and oxygen atoms in total. The zero-order chi connectivity index (χ0) is 21.3. The highest BCUT2D eigenvalue weighted by Crippen LogP contribution is 2.32. The van der Waals surface area contributed by atoms with Crippen LogP contribution in [0, 0.1) is 0 Å². The van der Waals surface area contributed by atoms with Crippen LogP contribution in [0.5, 0.6) is 5.75 Å². The van der Waals surface area contributed by atoms with Crippen molar-refractivity contribution >= 4 is 29.1 Å². The minimum absolute atomic E-state index is 0.0146. The number of benzene rings is 2. The van der Waals surface area contributed by atoms with Gasteiger partial charge in [0.05, 0.1) is 12.4 Å². The number of methoxy groups -OCH3 is 1. The van der Waals surface area contributed by atoms with Gasteiger partial charge in [-0.05, 0) is 61.4 Å². The van der Waals surface area contributed by atoms with Crippen molar-refractivity contribution in [3.8, 4) is 17.2 Å². The number of ether oxygens (including phenoxy) is 1. The SMILES string of the molecule is COc1ccc(-c2nnc(SC(C)C(=O)c3ccc4c(c3)CCN4C(C)=O)o2)cc1. The molecule has 154 valence electrons. The molecule has 0 radical (unpaired) electrons. The minimum atomic E-state index is -0.391. The van der Waals surface area contributed by atoms with E-state index in [2.05, 4.69) is 10.2 Å². The molecule has 1 aliphatic rings. The number of aromatic nitrogens is 2. The molecule has 0 spiro atoms. The predicted molar refractivity (Wildman–Crippen MR) is 114 cm³/mol. The van der Waals surface area contributed by atoms with Crippen LogP contribution >= 0.6 is 11.8 Å². The molecule has 0 fully saturated rings. The first-order valence-electron chi connectivity index (χ1n) is 9.56. The van der Waals surface area contributed by atoms with E-state index in [1.807, 2.05) is 43.3 Å². The van der Waals surface area contributed by atoms with Crippen LogP contribution in [0.25, 0.3) is 11.5 Å². The molecular weight excluding hydrogens is 402 g/mol. The number of rotatable bonds is 6. The maximum atomic E-state index is 12.9. The molecule has 2 aromatic carbocycles. The Bertz CT molecular complexity index is 1090. The maximum Gasteiger partial charge on any atom is 0.277 e. The van der Waals surface area contributed by atoms with Crippen molar-refractivity contribution in [2.45, 2.75) is 30.7 Å². The van der Waals surface area contributed by atoms with Crippen molar-refractivity contribution in [3.63, 3.8) is 0 Å². The van der Waals surface area contributed by atoms with Gasteiger partial charge in [-0.2, -0.15) is 0 Å². The summed E-state index contributed by atoms with van der Waals surface area (Å²) in [5, 5.41) is 8.08. The highest BCUT2D eigenvalue weighted by atomic mass is 32.2. The zero-order valence-corrected chi connectivity index (χ0v) is 17.7. The van der Waals surface area contributed by atoms with Crippen LogP contribution in [0.3, 0.4) is 0 Å². The first-order chi connectivity index (χ1) is 14.5. The van der Waals surface area contributed by atoms with E-state index in [9.17, 15) is 9.59 Å². The number of hydrogen-bond donors (Lipinski definition) is 0. The van der Waals surface area contributed by atoms with E-state index >= 15 is 0 Å². The van der Waals surface area contributed by atoms with E-state index in [4.69, 9.17) is 9.15 Å². The Hall–Kier alpha value is -3.13. The fourth-order valence-corrected chi connectivity index (χ4v) is 4.19. The van der Waals surface area contributed by atoms with Gasteiger partial charge in [0, 0.05) is 30.3 Å². The molecule has 1 aromatic heterocycles. The smallest absolute Gasteiger partial charge is 0.277 e. The summed E-state index contributed by atoms with van der Waals surface area (Å²) in [6.45, 7) is 4.03. The van der Waals surface area contributed by atoms with Crippen LogP contribution in [0.2, 0.25) is 0 Å². The van der Waals surface area contributed by atoms with Crippen molar-refractivity contribution in [3.05, 3.63) is 53.6 Å². The third kappa shape index (κ3) is 3.95. The monoisotopic (exact) mass is 423 g/mol. The Morgan fingerprint density at radius 2 is 1.93 bits per heavy atom. The number of carbonyl (C=O) groups excluding carboxylic acids is 2. The van der Waals surface area contributed by atoms with Crippen molar-refractivity contribution in [1.29, 1.82) is 0 Å². The molecule has 4 rings (SSSR count). The van der Waals surface area contributed by atoms with Gasteiger partial charge in [-0.3, -0.25) is 9.59 Å². The lowest BCUT2D eigenvalue weighted by molar-refractivity contribution is -0.116. The number of fused-ring (bicyclic) bond motifs is 1. The molecule has 0 N–H and O–H groups in total. The van der Waals surface area contributed by atoms with Gasteiger partial charge in [-0.1, -0.05) is 11.8 Å². The number of Topliss-reactive ketones (excluding diaryl/α,β-unsaturated/α-hetero) is 1. The van der Waals surface area contributed by atoms with Crippen molar-refractivity contribution < 1.29 is 18.7 Å². The summed E-state index contributed by atoms with van der Waals surface area (Å²) in [6, 6.07) is 12.8. The van der Waals surface area contributed by atoms with Crippen molar-refractivity contribution in [1.82, 2.24) is 10.2 Å². The molecule has 1 aliphatic heterocycles. The molecule has 0 saturated carbocycles. The number of amides is 1. The summed E-state index contributed by atoms with van der Waals surface area (Å²) in [4.78, 5) is 26.3. The quantitative estimate of drug-likeness (QED) is 0.437. The van der Waals surface area contributed by atoms with Gasteiger partial charge >= 0.3 is 0 Å². The Labute approximate surface area is 178 Å². The number of hydrogen-bond acceptors (Lipinski definition) is 7. The highest BCUT2D eigenvalue weighted by molar-refractivity contribution is 8.00. The van der Waals surface area contributed by atoms with Crippen molar-refractivity contribution in [2.75, 3.05) is 18.6 Å². The molecule has 0 bridgehead atoms. The van der Waals surface area contributed by atoms with E-state index in [-0.39, 0.29) is 11.7 Å². The lowest BCUT2D eigenvalue weighted by atomic mass is 10.0. The fourth-order valence-electron chi connectivity index (χ4n) is 3.43. The van der Waals surface area contributed by atoms with Crippen LogP contribution < -0.4 is 9.64 Å². The normalized spacial score (nSPS) is 13.8. The second-order valence-electron chi connectivity index (χ2n) is 6.99. The summed E-state index contributed by atoms with van der Waals surface area (Å²) >= 11 is 1.23. The van der Waals surface area contributed by atoms with Gasteiger partial charge in [-0.25, -0.2) is 0 Å². The Morgan fingerprint density at radius 3 is 2.63 bits per heavy atom. The summed E-state index contributed by atoms with van der Waals surface area (Å²) in [5.74, 6) is 1.13. The molecule has 3 aromatic rings. The molecule has 30 heavy (non-hydrogen) atoms. The Balaban J connectivity index is 1.45.